The lowest BCUT2D eigenvalue weighted by Crippen LogP contribution is -2.37. The zero-order chi connectivity index (χ0) is 26.5. The van der Waals surface area contributed by atoms with Crippen LogP contribution in [0.25, 0.3) is 0 Å². The summed E-state index contributed by atoms with van der Waals surface area (Å²) in [5.41, 5.74) is 10.8. The van der Waals surface area contributed by atoms with Gasteiger partial charge in [0.25, 0.3) is 5.91 Å². The molecule has 38 heavy (non-hydrogen) atoms. The van der Waals surface area contributed by atoms with E-state index in [4.69, 9.17) is 15.2 Å². The SMILES string of the molecule is CC[C@@]1(N)C[C@H]1c1ccc(NC(=O)c2ccc(N3CCOCC3)c(NC(=O)OCc3ccccc3)c2)cc1. The fraction of sp³-hybridized carbons (Fsp3) is 0.333. The highest BCUT2D eigenvalue weighted by Crippen LogP contribution is 2.51. The fourth-order valence-electron chi connectivity index (χ4n) is 4.89. The van der Waals surface area contributed by atoms with Crippen molar-refractivity contribution in [3.8, 4) is 0 Å². The number of morpholine rings is 1. The van der Waals surface area contributed by atoms with E-state index in [1.165, 1.54) is 5.56 Å². The minimum Gasteiger partial charge on any atom is -0.444 e. The Labute approximate surface area is 223 Å². The van der Waals surface area contributed by atoms with Crippen LogP contribution in [-0.2, 0) is 16.1 Å². The summed E-state index contributed by atoms with van der Waals surface area (Å²) in [6.45, 7) is 4.84. The van der Waals surface area contributed by atoms with Crippen molar-refractivity contribution in [1.29, 1.82) is 0 Å². The van der Waals surface area contributed by atoms with E-state index in [9.17, 15) is 9.59 Å². The van der Waals surface area contributed by atoms with Crippen LogP contribution in [0.3, 0.4) is 0 Å². The Balaban J connectivity index is 1.29. The third-order valence-electron chi connectivity index (χ3n) is 7.41. The molecule has 0 unspecified atom stereocenters. The highest BCUT2D eigenvalue weighted by Gasteiger charge is 2.49. The van der Waals surface area contributed by atoms with Crippen molar-refractivity contribution in [1.82, 2.24) is 0 Å². The van der Waals surface area contributed by atoms with E-state index in [1.807, 2.05) is 60.7 Å². The minimum atomic E-state index is -0.584. The predicted molar refractivity (Wildman–Crippen MR) is 149 cm³/mol. The molecule has 3 aromatic carbocycles. The molecule has 1 aliphatic carbocycles. The summed E-state index contributed by atoms with van der Waals surface area (Å²) < 4.78 is 10.9. The first-order chi connectivity index (χ1) is 18.4. The van der Waals surface area contributed by atoms with Crippen LogP contribution >= 0.6 is 0 Å². The van der Waals surface area contributed by atoms with Gasteiger partial charge in [0.05, 0.1) is 24.6 Å². The Morgan fingerprint density at radius 1 is 1.03 bits per heavy atom. The molecule has 1 aliphatic heterocycles. The molecule has 5 rings (SSSR count). The van der Waals surface area contributed by atoms with Gasteiger partial charge in [0.15, 0.2) is 0 Å². The van der Waals surface area contributed by atoms with Crippen molar-refractivity contribution in [3.63, 3.8) is 0 Å². The van der Waals surface area contributed by atoms with Gasteiger partial charge >= 0.3 is 6.09 Å². The maximum atomic E-state index is 13.1. The zero-order valence-electron chi connectivity index (χ0n) is 21.6. The van der Waals surface area contributed by atoms with Gasteiger partial charge in [0, 0.05) is 35.8 Å². The lowest BCUT2D eigenvalue weighted by atomic mass is 10.0. The molecule has 8 nitrogen and oxygen atoms in total. The highest BCUT2D eigenvalue weighted by atomic mass is 16.5. The molecule has 2 aliphatic rings. The molecule has 0 radical (unpaired) electrons. The van der Waals surface area contributed by atoms with Gasteiger partial charge in [0.2, 0.25) is 0 Å². The Bertz CT molecular complexity index is 1280. The number of ether oxygens (including phenoxy) is 2. The zero-order valence-corrected chi connectivity index (χ0v) is 21.6. The number of anilines is 3. The molecular formula is C30H34N4O4. The Morgan fingerprint density at radius 3 is 2.45 bits per heavy atom. The van der Waals surface area contributed by atoms with Crippen LogP contribution in [0.5, 0.6) is 0 Å². The molecule has 2 atom stereocenters. The van der Waals surface area contributed by atoms with E-state index < -0.39 is 6.09 Å². The first-order valence-electron chi connectivity index (χ1n) is 13.1. The summed E-state index contributed by atoms with van der Waals surface area (Å²) >= 11 is 0. The third kappa shape index (κ3) is 5.98. The summed E-state index contributed by atoms with van der Waals surface area (Å²) in [7, 11) is 0. The van der Waals surface area contributed by atoms with Gasteiger partial charge in [-0.25, -0.2) is 4.79 Å². The van der Waals surface area contributed by atoms with E-state index in [0.29, 0.717) is 49.2 Å². The largest absolute Gasteiger partial charge is 0.444 e. The number of hydrogen-bond acceptors (Lipinski definition) is 6. The van der Waals surface area contributed by atoms with Crippen molar-refractivity contribution in [3.05, 3.63) is 89.5 Å². The van der Waals surface area contributed by atoms with Gasteiger partial charge in [-0.1, -0.05) is 49.4 Å². The van der Waals surface area contributed by atoms with Gasteiger partial charge in [-0.05, 0) is 54.3 Å². The van der Waals surface area contributed by atoms with Gasteiger partial charge in [-0.15, -0.1) is 0 Å². The Morgan fingerprint density at radius 2 is 1.76 bits per heavy atom. The molecule has 0 bridgehead atoms. The number of benzene rings is 3. The van der Waals surface area contributed by atoms with Gasteiger partial charge in [-0.2, -0.15) is 0 Å². The summed E-state index contributed by atoms with van der Waals surface area (Å²) in [4.78, 5) is 27.9. The number of hydrogen-bond donors (Lipinski definition) is 3. The van der Waals surface area contributed by atoms with Crippen LogP contribution in [0.2, 0.25) is 0 Å². The molecule has 1 saturated heterocycles. The molecular weight excluding hydrogens is 480 g/mol. The maximum absolute atomic E-state index is 13.1. The summed E-state index contributed by atoms with van der Waals surface area (Å²) in [5, 5.41) is 5.80. The normalized spacial score (nSPS) is 20.5. The third-order valence-corrected chi connectivity index (χ3v) is 7.41. The summed E-state index contributed by atoms with van der Waals surface area (Å²) in [6.07, 6.45) is 1.36. The highest BCUT2D eigenvalue weighted by molar-refractivity contribution is 6.06. The topological polar surface area (TPSA) is 106 Å². The first-order valence-corrected chi connectivity index (χ1v) is 13.1. The quantitative estimate of drug-likeness (QED) is 0.385. The Kier molecular flexibility index (Phi) is 7.62. The number of nitrogens with one attached hydrogen (secondary N) is 2. The van der Waals surface area contributed by atoms with Crippen molar-refractivity contribution in [2.75, 3.05) is 41.8 Å². The lowest BCUT2D eigenvalue weighted by Gasteiger charge is -2.30. The van der Waals surface area contributed by atoms with Gasteiger partial charge in [-0.3, -0.25) is 10.1 Å². The smallest absolute Gasteiger partial charge is 0.412 e. The van der Waals surface area contributed by atoms with Crippen LogP contribution in [0.4, 0.5) is 21.9 Å². The van der Waals surface area contributed by atoms with E-state index in [0.717, 1.165) is 24.1 Å². The van der Waals surface area contributed by atoms with Gasteiger partial charge < -0.3 is 25.4 Å². The van der Waals surface area contributed by atoms with Crippen molar-refractivity contribution in [2.45, 2.75) is 37.8 Å². The molecule has 2 fully saturated rings. The maximum Gasteiger partial charge on any atom is 0.412 e. The van der Waals surface area contributed by atoms with E-state index >= 15 is 0 Å². The molecule has 198 valence electrons. The van der Waals surface area contributed by atoms with E-state index in [-0.39, 0.29) is 18.1 Å². The second-order valence-electron chi connectivity index (χ2n) is 9.94. The van der Waals surface area contributed by atoms with E-state index in [1.54, 1.807) is 12.1 Å². The number of amides is 2. The lowest BCUT2D eigenvalue weighted by molar-refractivity contribution is 0.102. The van der Waals surface area contributed by atoms with Crippen molar-refractivity contribution >= 4 is 29.1 Å². The van der Waals surface area contributed by atoms with Crippen LogP contribution in [-0.4, -0.2) is 43.8 Å². The first kappa shape index (κ1) is 25.8. The molecule has 4 N–H and O–H groups in total. The molecule has 0 aromatic heterocycles. The van der Waals surface area contributed by atoms with Crippen LogP contribution in [0, 0.1) is 0 Å². The van der Waals surface area contributed by atoms with Crippen LogP contribution < -0.4 is 21.3 Å². The summed E-state index contributed by atoms with van der Waals surface area (Å²) in [6, 6.07) is 22.7. The minimum absolute atomic E-state index is 0.0986. The van der Waals surface area contributed by atoms with Gasteiger partial charge in [0.1, 0.15) is 6.61 Å². The summed E-state index contributed by atoms with van der Waals surface area (Å²) in [5.74, 6) is 0.111. The van der Waals surface area contributed by atoms with Crippen molar-refractivity contribution < 1.29 is 19.1 Å². The fourth-order valence-corrected chi connectivity index (χ4v) is 4.89. The van der Waals surface area contributed by atoms with Crippen LogP contribution in [0.1, 0.15) is 47.2 Å². The molecule has 2 amide bonds. The number of carbonyl (C=O) groups excluding carboxylic acids is 2. The van der Waals surface area contributed by atoms with Crippen molar-refractivity contribution in [2.24, 2.45) is 5.73 Å². The average molecular weight is 515 g/mol. The monoisotopic (exact) mass is 514 g/mol. The molecule has 3 aromatic rings. The van der Waals surface area contributed by atoms with Crippen LogP contribution in [0.15, 0.2) is 72.8 Å². The standard InChI is InChI=1S/C30H34N4O4/c1-2-30(31)19-25(30)22-8-11-24(12-9-22)32-28(35)23-10-13-27(34-14-16-37-17-15-34)26(18-23)33-29(36)38-20-21-6-4-3-5-7-21/h3-13,18,25H,2,14-17,19-20,31H2,1H3,(H,32,35)(H,33,36)/t25-,30+/m0/s1. The second-order valence-corrected chi connectivity index (χ2v) is 9.94. The predicted octanol–water partition coefficient (Wildman–Crippen LogP) is 5.12. The molecule has 1 heterocycles. The van der Waals surface area contributed by atoms with E-state index in [2.05, 4.69) is 22.5 Å². The molecule has 8 heteroatoms. The number of rotatable bonds is 8. The second kappa shape index (κ2) is 11.2. The average Bonchev–Trinajstić information content (AvgIpc) is 3.65. The number of nitrogens with two attached hydrogens (primary N) is 1. The number of nitrogens with zero attached hydrogens (tertiary/aromatic N) is 1. The molecule has 1 saturated carbocycles. The molecule has 0 spiro atoms. The number of carbonyl (C=O) groups is 2. The Hall–Kier alpha value is -3.88.